The molecule has 1 aromatic carbocycles. The van der Waals surface area contributed by atoms with Crippen LogP contribution in [0.5, 0.6) is 0 Å². The molecule has 3 rings (SSSR count). The molecule has 0 aliphatic carbocycles. The van der Waals surface area contributed by atoms with Crippen molar-refractivity contribution in [2.24, 2.45) is 5.92 Å². The number of nitriles is 1. The van der Waals surface area contributed by atoms with Gasteiger partial charge in [0.05, 0.1) is 18.2 Å². The van der Waals surface area contributed by atoms with Gasteiger partial charge in [-0.2, -0.15) is 14.7 Å². The van der Waals surface area contributed by atoms with Crippen molar-refractivity contribution in [1.82, 2.24) is 14.1 Å². The number of carbonyl (C=O) groups is 1. The number of rotatable bonds is 5. The second kappa shape index (κ2) is 7.50. The number of nitrogens with zero attached hydrogens (tertiary/aromatic N) is 4. The zero-order valence-electron chi connectivity index (χ0n) is 14.9. The van der Waals surface area contributed by atoms with E-state index >= 15 is 0 Å². The Bertz CT molecular complexity index is 1010. The lowest BCUT2D eigenvalue weighted by atomic mass is 10.0. The molecule has 1 aliphatic rings. The Morgan fingerprint density at radius 2 is 2.22 bits per heavy atom. The Morgan fingerprint density at radius 1 is 1.44 bits per heavy atom. The van der Waals surface area contributed by atoms with E-state index in [0.29, 0.717) is 18.7 Å². The molecule has 9 heteroatoms. The summed E-state index contributed by atoms with van der Waals surface area (Å²) in [5.41, 5.74) is 0.849. The first-order valence-electron chi connectivity index (χ1n) is 8.61. The third-order valence-corrected chi connectivity index (χ3v) is 6.36. The molecule has 0 spiro atoms. The van der Waals surface area contributed by atoms with E-state index in [1.54, 1.807) is 24.3 Å². The Hall–Kier alpha value is -2.70. The van der Waals surface area contributed by atoms with Crippen LogP contribution in [0, 0.1) is 17.2 Å². The second-order valence-electron chi connectivity index (χ2n) is 6.77. The molecule has 0 bridgehead atoms. The molecular formula is C18H20N4O4S. The first-order valence-corrected chi connectivity index (χ1v) is 10.0. The van der Waals surface area contributed by atoms with E-state index in [0.717, 1.165) is 18.4 Å². The molecule has 1 fully saturated rings. The van der Waals surface area contributed by atoms with Gasteiger partial charge in [0.25, 0.3) is 10.0 Å². The van der Waals surface area contributed by atoms with Gasteiger partial charge in [-0.05, 0) is 36.5 Å². The predicted octanol–water partition coefficient (Wildman–Crippen LogP) is 1.92. The van der Waals surface area contributed by atoms with Crippen LogP contribution in [0.25, 0.3) is 0 Å². The van der Waals surface area contributed by atoms with Crippen LogP contribution in [0.3, 0.4) is 0 Å². The highest BCUT2D eigenvalue weighted by atomic mass is 32.2. The van der Waals surface area contributed by atoms with Crippen molar-refractivity contribution in [3.63, 3.8) is 0 Å². The molecule has 8 nitrogen and oxygen atoms in total. The molecule has 0 saturated carbocycles. The van der Waals surface area contributed by atoms with Crippen LogP contribution in [0.2, 0.25) is 0 Å². The summed E-state index contributed by atoms with van der Waals surface area (Å²) in [6, 6.07) is 8.82. The van der Waals surface area contributed by atoms with Crippen LogP contribution in [-0.4, -0.2) is 46.7 Å². The summed E-state index contributed by atoms with van der Waals surface area (Å²) >= 11 is 0. The number of carboxylic acid groups (broad SMARTS) is 1. The number of carboxylic acids is 1. The van der Waals surface area contributed by atoms with E-state index in [1.165, 1.54) is 15.2 Å². The normalized spacial score (nSPS) is 18.1. The van der Waals surface area contributed by atoms with Gasteiger partial charge in [-0.25, -0.2) is 13.2 Å². The van der Waals surface area contributed by atoms with Crippen LogP contribution >= 0.6 is 0 Å². The largest absolute Gasteiger partial charge is 0.478 e. The maximum Gasteiger partial charge on any atom is 0.340 e. The summed E-state index contributed by atoms with van der Waals surface area (Å²) in [6.45, 7) is 2.86. The molecule has 1 unspecified atom stereocenters. The third-order valence-electron chi connectivity index (χ3n) is 4.56. The maximum atomic E-state index is 13.0. The fraction of sp³-hybridized carbons (Fsp3) is 0.389. The summed E-state index contributed by atoms with van der Waals surface area (Å²) in [7, 11) is -3.99. The summed E-state index contributed by atoms with van der Waals surface area (Å²) in [5.74, 6) is -1.12. The lowest BCUT2D eigenvalue weighted by Crippen LogP contribution is -2.39. The fourth-order valence-corrected chi connectivity index (χ4v) is 4.93. The molecule has 1 aromatic heterocycles. The van der Waals surface area contributed by atoms with Crippen molar-refractivity contribution < 1.29 is 18.3 Å². The van der Waals surface area contributed by atoms with Crippen molar-refractivity contribution in [1.29, 1.82) is 5.26 Å². The summed E-state index contributed by atoms with van der Waals surface area (Å²) in [6.07, 6.45) is 2.91. The van der Waals surface area contributed by atoms with E-state index in [2.05, 4.69) is 5.10 Å². The molecule has 142 valence electrons. The standard InChI is InChI=1S/C18H20N4O4S/c1-13-4-3-7-22(10-13)27(25,26)17-16(18(23)24)12-21(20-17)11-15-6-2-5-14(8-15)9-19/h2,5-6,8,12-13H,3-4,7,10-11H2,1H3,(H,23,24). The van der Waals surface area contributed by atoms with Crippen LogP contribution < -0.4 is 0 Å². The minimum absolute atomic E-state index is 0.168. The minimum Gasteiger partial charge on any atom is -0.478 e. The number of piperidine rings is 1. The second-order valence-corrected chi connectivity index (χ2v) is 8.63. The van der Waals surface area contributed by atoms with Crippen LogP contribution in [0.4, 0.5) is 0 Å². The summed E-state index contributed by atoms with van der Waals surface area (Å²) in [5, 5.41) is 22.1. The molecular weight excluding hydrogens is 368 g/mol. The lowest BCUT2D eigenvalue weighted by Gasteiger charge is -2.29. The number of aromatic nitrogens is 2. The Kier molecular flexibility index (Phi) is 5.30. The Labute approximate surface area is 157 Å². The highest BCUT2D eigenvalue weighted by Crippen LogP contribution is 2.25. The third kappa shape index (κ3) is 4.02. The molecule has 2 heterocycles. The van der Waals surface area contributed by atoms with Gasteiger partial charge in [-0.1, -0.05) is 19.1 Å². The molecule has 1 atom stereocenters. The molecule has 2 aromatic rings. The first kappa shape index (κ1) is 19.1. The van der Waals surface area contributed by atoms with Crippen LogP contribution in [0.1, 0.15) is 41.3 Å². The zero-order chi connectivity index (χ0) is 19.6. The van der Waals surface area contributed by atoms with E-state index in [1.807, 2.05) is 13.0 Å². The lowest BCUT2D eigenvalue weighted by molar-refractivity contribution is 0.0692. The van der Waals surface area contributed by atoms with E-state index in [-0.39, 0.29) is 18.0 Å². The topological polar surface area (TPSA) is 116 Å². The van der Waals surface area contributed by atoms with Gasteiger partial charge in [0, 0.05) is 19.3 Å². The maximum absolute atomic E-state index is 13.0. The van der Waals surface area contributed by atoms with Crippen molar-refractivity contribution in [3.8, 4) is 6.07 Å². The number of hydrogen-bond donors (Lipinski definition) is 1. The van der Waals surface area contributed by atoms with Crippen molar-refractivity contribution >= 4 is 16.0 Å². The van der Waals surface area contributed by atoms with Gasteiger partial charge in [0.15, 0.2) is 0 Å². The highest BCUT2D eigenvalue weighted by Gasteiger charge is 2.34. The van der Waals surface area contributed by atoms with E-state index in [9.17, 15) is 18.3 Å². The summed E-state index contributed by atoms with van der Waals surface area (Å²) in [4.78, 5) is 11.6. The highest BCUT2D eigenvalue weighted by molar-refractivity contribution is 7.89. The van der Waals surface area contributed by atoms with E-state index < -0.39 is 21.0 Å². The average molecular weight is 388 g/mol. The van der Waals surface area contributed by atoms with E-state index in [4.69, 9.17) is 5.26 Å². The molecule has 0 radical (unpaired) electrons. The Balaban J connectivity index is 1.96. The number of sulfonamides is 1. The SMILES string of the molecule is CC1CCCN(S(=O)(=O)c2nn(Cc3cccc(C#N)c3)cc2C(=O)O)C1. The van der Waals surface area contributed by atoms with Gasteiger partial charge in [0.1, 0.15) is 5.56 Å². The van der Waals surface area contributed by atoms with Gasteiger partial charge in [-0.3, -0.25) is 4.68 Å². The first-order chi connectivity index (χ1) is 12.8. The van der Waals surface area contributed by atoms with Crippen molar-refractivity contribution in [2.75, 3.05) is 13.1 Å². The quantitative estimate of drug-likeness (QED) is 0.836. The monoisotopic (exact) mass is 388 g/mol. The molecule has 27 heavy (non-hydrogen) atoms. The molecule has 1 N–H and O–H groups in total. The van der Waals surface area contributed by atoms with Gasteiger partial charge >= 0.3 is 5.97 Å². The molecule has 1 aliphatic heterocycles. The average Bonchev–Trinajstić information content (AvgIpc) is 3.07. The van der Waals surface area contributed by atoms with Crippen molar-refractivity contribution in [3.05, 3.63) is 47.2 Å². The number of hydrogen-bond acceptors (Lipinski definition) is 5. The Morgan fingerprint density at radius 3 is 2.89 bits per heavy atom. The smallest absolute Gasteiger partial charge is 0.340 e. The number of benzene rings is 1. The van der Waals surface area contributed by atoms with Gasteiger partial charge < -0.3 is 5.11 Å². The van der Waals surface area contributed by atoms with Crippen LogP contribution in [-0.2, 0) is 16.6 Å². The van der Waals surface area contributed by atoms with Crippen LogP contribution in [0.15, 0.2) is 35.5 Å². The van der Waals surface area contributed by atoms with Gasteiger partial charge in [0.2, 0.25) is 5.03 Å². The molecule has 0 amide bonds. The molecule has 1 saturated heterocycles. The van der Waals surface area contributed by atoms with Gasteiger partial charge in [-0.15, -0.1) is 0 Å². The fourth-order valence-electron chi connectivity index (χ4n) is 3.24. The van der Waals surface area contributed by atoms with Crippen molar-refractivity contribution in [2.45, 2.75) is 31.3 Å². The number of aromatic carboxylic acids is 1. The predicted molar refractivity (Wildman–Crippen MR) is 96.6 cm³/mol. The minimum atomic E-state index is -3.99. The summed E-state index contributed by atoms with van der Waals surface area (Å²) < 4.78 is 28.5. The zero-order valence-corrected chi connectivity index (χ0v) is 15.7.